The van der Waals surface area contributed by atoms with E-state index in [1.165, 1.54) is 0 Å². The number of carbonyl (C=O) groups is 1. The van der Waals surface area contributed by atoms with Crippen molar-refractivity contribution in [3.8, 4) is 0 Å². The van der Waals surface area contributed by atoms with E-state index in [9.17, 15) is 4.79 Å². The van der Waals surface area contributed by atoms with Crippen molar-refractivity contribution in [3.63, 3.8) is 0 Å². The van der Waals surface area contributed by atoms with Gasteiger partial charge in [-0.05, 0) is 37.5 Å². The Morgan fingerprint density at radius 2 is 2.07 bits per heavy atom. The molecule has 1 unspecified atom stereocenters. The summed E-state index contributed by atoms with van der Waals surface area (Å²) < 4.78 is 5.46. The van der Waals surface area contributed by atoms with E-state index in [-0.39, 0.29) is 11.9 Å². The van der Waals surface area contributed by atoms with E-state index in [1.807, 2.05) is 24.4 Å². The summed E-state index contributed by atoms with van der Waals surface area (Å²) in [7, 11) is 0. The second-order valence-electron chi connectivity index (χ2n) is 7.68. The van der Waals surface area contributed by atoms with Crippen LogP contribution < -0.4 is 10.2 Å². The van der Waals surface area contributed by atoms with Crippen LogP contribution in [0.25, 0.3) is 11.0 Å². The number of nitrogens with one attached hydrogen (secondary N) is 2. The molecule has 3 aromatic rings. The van der Waals surface area contributed by atoms with Crippen molar-refractivity contribution in [1.29, 1.82) is 0 Å². The van der Waals surface area contributed by atoms with Gasteiger partial charge in [0.25, 0.3) is 5.91 Å². The van der Waals surface area contributed by atoms with Gasteiger partial charge in [0.05, 0.1) is 5.56 Å². The van der Waals surface area contributed by atoms with Crippen LogP contribution in [0.2, 0.25) is 0 Å². The summed E-state index contributed by atoms with van der Waals surface area (Å²) in [6.07, 6.45) is 8.17. The summed E-state index contributed by atoms with van der Waals surface area (Å²) in [5.74, 6) is 1.12. The van der Waals surface area contributed by atoms with Gasteiger partial charge >= 0.3 is 0 Å². The molecule has 2 fully saturated rings. The Morgan fingerprint density at radius 1 is 1.17 bits per heavy atom. The molecule has 2 saturated heterocycles. The molecular weight excluding hydrogens is 368 g/mol. The minimum absolute atomic E-state index is 0.0689. The first-order valence-electron chi connectivity index (χ1n) is 10.2. The van der Waals surface area contributed by atoms with E-state index >= 15 is 0 Å². The number of aromatic nitrogens is 4. The number of amides is 1. The molecule has 2 aliphatic heterocycles. The fourth-order valence-corrected chi connectivity index (χ4v) is 4.20. The van der Waals surface area contributed by atoms with Crippen LogP contribution in [0.5, 0.6) is 0 Å². The van der Waals surface area contributed by atoms with E-state index in [2.05, 4.69) is 25.2 Å². The fraction of sp³-hybridized carbons (Fsp3) is 0.429. The van der Waals surface area contributed by atoms with Crippen LogP contribution in [-0.2, 0) is 4.74 Å². The van der Waals surface area contributed by atoms with Gasteiger partial charge in [0.15, 0.2) is 0 Å². The predicted octanol–water partition coefficient (Wildman–Crippen LogP) is 2.26. The van der Waals surface area contributed by atoms with Crippen molar-refractivity contribution < 1.29 is 9.53 Å². The van der Waals surface area contributed by atoms with E-state index < -0.39 is 0 Å². The van der Waals surface area contributed by atoms with Crippen molar-refractivity contribution in [1.82, 2.24) is 25.3 Å². The zero-order valence-electron chi connectivity index (χ0n) is 16.2. The zero-order chi connectivity index (χ0) is 19.6. The van der Waals surface area contributed by atoms with Crippen LogP contribution >= 0.6 is 0 Å². The Hall–Kier alpha value is -3.00. The first kappa shape index (κ1) is 18.1. The molecule has 0 radical (unpaired) electrons. The van der Waals surface area contributed by atoms with Crippen molar-refractivity contribution in [2.24, 2.45) is 0 Å². The standard InChI is InChI=1S/C21H24N6O2/c28-20(17-12-24-19-16(17)2-1-7-22-19)25-15-4-9-27(13-15)21-23-8-3-18(26-21)14-5-10-29-11-6-14/h1-3,7-8,12,14-15H,4-6,9-11,13H2,(H,22,24)(H,25,28). The number of H-pyrrole nitrogens is 1. The number of carbonyl (C=O) groups excluding carboxylic acids is 1. The number of hydrogen-bond donors (Lipinski definition) is 2. The normalized spacial score (nSPS) is 20.3. The fourth-order valence-electron chi connectivity index (χ4n) is 4.20. The van der Waals surface area contributed by atoms with Gasteiger partial charge in [-0.1, -0.05) is 0 Å². The number of fused-ring (bicyclic) bond motifs is 1. The molecule has 1 amide bonds. The zero-order valence-corrected chi connectivity index (χ0v) is 16.2. The first-order valence-corrected chi connectivity index (χ1v) is 10.2. The lowest BCUT2D eigenvalue weighted by molar-refractivity contribution is 0.0845. The van der Waals surface area contributed by atoms with Gasteiger partial charge in [-0.25, -0.2) is 15.0 Å². The number of ether oxygens (including phenoxy) is 1. The quantitative estimate of drug-likeness (QED) is 0.707. The third kappa shape index (κ3) is 3.67. The van der Waals surface area contributed by atoms with Gasteiger partial charge in [-0.15, -0.1) is 0 Å². The van der Waals surface area contributed by atoms with Crippen LogP contribution in [0.4, 0.5) is 5.95 Å². The molecule has 2 N–H and O–H groups in total. The van der Waals surface area contributed by atoms with Gasteiger partial charge in [-0.3, -0.25) is 4.79 Å². The molecule has 3 aromatic heterocycles. The van der Waals surface area contributed by atoms with Crippen LogP contribution in [0.1, 0.15) is 41.2 Å². The first-order chi connectivity index (χ1) is 14.3. The van der Waals surface area contributed by atoms with Crippen LogP contribution in [0.15, 0.2) is 36.8 Å². The number of nitrogens with zero attached hydrogens (tertiary/aromatic N) is 4. The van der Waals surface area contributed by atoms with E-state index in [4.69, 9.17) is 9.72 Å². The smallest absolute Gasteiger partial charge is 0.253 e. The van der Waals surface area contributed by atoms with Gasteiger partial charge < -0.3 is 19.9 Å². The Balaban J connectivity index is 1.25. The van der Waals surface area contributed by atoms with Gasteiger partial charge in [0, 0.05) is 67.9 Å². The SMILES string of the molecule is O=C(NC1CCN(c2nccc(C3CCOCC3)n2)C1)c1c[nH]c2ncccc12. The second kappa shape index (κ2) is 7.79. The highest BCUT2D eigenvalue weighted by atomic mass is 16.5. The minimum atomic E-state index is -0.0759. The second-order valence-corrected chi connectivity index (χ2v) is 7.68. The van der Waals surface area contributed by atoms with Crippen molar-refractivity contribution in [2.45, 2.75) is 31.2 Å². The minimum Gasteiger partial charge on any atom is -0.381 e. The summed E-state index contributed by atoms with van der Waals surface area (Å²) in [4.78, 5) is 31.5. The van der Waals surface area contributed by atoms with Crippen LogP contribution in [0.3, 0.4) is 0 Å². The lowest BCUT2D eigenvalue weighted by Crippen LogP contribution is -2.37. The highest BCUT2D eigenvalue weighted by Crippen LogP contribution is 2.27. The Bertz CT molecular complexity index is 1010. The monoisotopic (exact) mass is 392 g/mol. The topological polar surface area (TPSA) is 96.0 Å². The number of pyridine rings is 1. The molecule has 8 heteroatoms. The number of anilines is 1. The van der Waals surface area contributed by atoms with Crippen molar-refractivity contribution in [3.05, 3.63) is 48.0 Å². The molecule has 0 aliphatic carbocycles. The molecule has 5 heterocycles. The molecular formula is C21H24N6O2. The average molecular weight is 392 g/mol. The Kier molecular flexibility index (Phi) is 4.85. The summed E-state index contributed by atoms with van der Waals surface area (Å²) >= 11 is 0. The molecule has 1 atom stereocenters. The molecule has 8 nitrogen and oxygen atoms in total. The van der Waals surface area contributed by atoms with Crippen molar-refractivity contribution in [2.75, 3.05) is 31.2 Å². The molecule has 2 aliphatic rings. The third-order valence-corrected chi connectivity index (χ3v) is 5.81. The molecule has 29 heavy (non-hydrogen) atoms. The molecule has 0 saturated carbocycles. The van der Waals surface area contributed by atoms with E-state index in [0.717, 1.165) is 61.7 Å². The van der Waals surface area contributed by atoms with Crippen molar-refractivity contribution >= 4 is 22.9 Å². The highest BCUT2D eigenvalue weighted by Gasteiger charge is 2.27. The molecule has 0 spiro atoms. The molecule has 150 valence electrons. The van der Waals surface area contributed by atoms with Gasteiger partial charge in [0.2, 0.25) is 5.95 Å². The third-order valence-electron chi connectivity index (χ3n) is 5.81. The molecule has 0 aromatic carbocycles. The van der Waals surface area contributed by atoms with E-state index in [1.54, 1.807) is 12.4 Å². The average Bonchev–Trinajstić information content (AvgIpc) is 3.42. The maximum atomic E-state index is 12.8. The molecule has 0 bridgehead atoms. The summed E-state index contributed by atoms with van der Waals surface area (Å²) in [5.41, 5.74) is 2.45. The maximum absolute atomic E-state index is 12.8. The number of rotatable bonds is 4. The summed E-state index contributed by atoms with van der Waals surface area (Å²) in [6, 6.07) is 5.83. The Morgan fingerprint density at radius 3 is 2.97 bits per heavy atom. The predicted molar refractivity (Wildman–Crippen MR) is 109 cm³/mol. The van der Waals surface area contributed by atoms with Crippen LogP contribution in [-0.4, -0.2) is 58.2 Å². The lowest BCUT2D eigenvalue weighted by atomic mass is 9.96. The lowest BCUT2D eigenvalue weighted by Gasteiger charge is -2.23. The highest BCUT2D eigenvalue weighted by molar-refractivity contribution is 6.06. The maximum Gasteiger partial charge on any atom is 0.253 e. The summed E-state index contributed by atoms with van der Waals surface area (Å²) in [6.45, 7) is 3.14. The van der Waals surface area contributed by atoms with E-state index in [0.29, 0.717) is 18.0 Å². The number of aromatic amines is 1. The van der Waals surface area contributed by atoms with Gasteiger partial charge in [0.1, 0.15) is 5.65 Å². The molecule has 5 rings (SSSR count). The Labute approximate surface area is 168 Å². The van der Waals surface area contributed by atoms with Gasteiger partial charge in [-0.2, -0.15) is 0 Å². The number of hydrogen-bond acceptors (Lipinski definition) is 6. The van der Waals surface area contributed by atoms with Crippen LogP contribution in [0, 0.1) is 0 Å². The summed E-state index contributed by atoms with van der Waals surface area (Å²) in [5, 5.41) is 3.99. The largest absolute Gasteiger partial charge is 0.381 e.